The lowest BCUT2D eigenvalue weighted by Gasteiger charge is -2.27. The number of hydrogen-bond donors (Lipinski definition) is 2. The van der Waals surface area contributed by atoms with Crippen LogP contribution in [0.5, 0.6) is 0 Å². The van der Waals surface area contributed by atoms with Gasteiger partial charge in [0, 0.05) is 11.1 Å². The van der Waals surface area contributed by atoms with E-state index in [9.17, 15) is 4.79 Å². The summed E-state index contributed by atoms with van der Waals surface area (Å²) in [7, 11) is 0. The van der Waals surface area contributed by atoms with Gasteiger partial charge in [-0.25, -0.2) is 0 Å². The van der Waals surface area contributed by atoms with E-state index < -0.39 is 6.04 Å². The lowest BCUT2D eigenvalue weighted by atomic mass is 9.87. The van der Waals surface area contributed by atoms with Gasteiger partial charge in [-0.2, -0.15) is 0 Å². The zero-order valence-corrected chi connectivity index (χ0v) is 12.8. The van der Waals surface area contributed by atoms with Crippen LogP contribution in [0.25, 0.3) is 0 Å². The highest BCUT2D eigenvalue weighted by molar-refractivity contribution is 6.30. The van der Waals surface area contributed by atoms with Crippen molar-refractivity contribution >= 4 is 17.5 Å². The molecule has 0 saturated carbocycles. The number of nitrogens with two attached hydrogens (primary N) is 1. The molecular weight excluding hydrogens is 260 g/mol. The Labute approximate surface area is 120 Å². The van der Waals surface area contributed by atoms with Gasteiger partial charge in [0.2, 0.25) is 5.91 Å². The topological polar surface area (TPSA) is 55.1 Å². The minimum absolute atomic E-state index is 0.0436. The molecule has 0 aliphatic carbocycles. The maximum Gasteiger partial charge on any atom is 0.237 e. The number of halogens is 1. The molecule has 3 nitrogen and oxygen atoms in total. The van der Waals surface area contributed by atoms with Gasteiger partial charge in [0.05, 0.1) is 6.04 Å². The van der Waals surface area contributed by atoms with Crippen LogP contribution in [0.1, 0.15) is 33.3 Å². The first kappa shape index (κ1) is 16.0. The summed E-state index contributed by atoms with van der Waals surface area (Å²) in [4.78, 5) is 12.0. The van der Waals surface area contributed by atoms with E-state index in [0.29, 0.717) is 0 Å². The highest BCUT2D eigenvalue weighted by atomic mass is 35.5. The van der Waals surface area contributed by atoms with E-state index in [-0.39, 0.29) is 17.4 Å². The number of hydrogen-bond acceptors (Lipinski definition) is 2. The molecule has 1 unspecified atom stereocenters. The number of amides is 1. The third-order valence-corrected chi connectivity index (χ3v) is 3.31. The minimum atomic E-state index is -0.500. The van der Waals surface area contributed by atoms with Crippen LogP contribution in [0.4, 0.5) is 0 Å². The normalized spacial score (nSPS) is 14.8. The van der Waals surface area contributed by atoms with Crippen LogP contribution in [0.3, 0.4) is 0 Å². The lowest BCUT2D eigenvalue weighted by Crippen LogP contribution is -2.51. The lowest BCUT2D eigenvalue weighted by molar-refractivity contribution is -0.125. The molecule has 3 N–H and O–H groups in total. The fourth-order valence-electron chi connectivity index (χ4n) is 1.75. The van der Waals surface area contributed by atoms with Crippen LogP contribution >= 0.6 is 11.6 Å². The molecule has 0 aliphatic rings. The Bertz CT molecular complexity index is 423. The number of carbonyl (C=O) groups excluding carboxylic acids is 1. The number of rotatable bonds is 4. The summed E-state index contributed by atoms with van der Waals surface area (Å²) in [6.07, 6.45) is 0.764. The van der Waals surface area contributed by atoms with Crippen molar-refractivity contribution in [2.45, 2.75) is 46.2 Å². The van der Waals surface area contributed by atoms with Crippen molar-refractivity contribution in [2.75, 3.05) is 0 Å². The summed E-state index contributed by atoms with van der Waals surface area (Å²) in [5.41, 5.74) is 6.83. The molecule has 0 aliphatic heterocycles. The summed E-state index contributed by atoms with van der Waals surface area (Å²) >= 11 is 5.84. The van der Waals surface area contributed by atoms with Gasteiger partial charge in [0.1, 0.15) is 0 Å². The highest BCUT2D eigenvalue weighted by Crippen LogP contribution is 2.17. The van der Waals surface area contributed by atoms with Crippen molar-refractivity contribution in [2.24, 2.45) is 11.1 Å². The second-order valence-corrected chi connectivity index (χ2v) is 6.52. The maximum absolute atomic E-state index is 12.0. The molecule has 0 heterocycles. The molecule has 19 heavy (non-hydrogen) atoms. The largest absolute Gasteiger partial charge is 0.352 e. The summed E-state index contributed by atoms with van der Waals surface area (Å²) in [5, 5.41) is 3.67. The van der Waals surface area contributed by atoms with E-state index in [1.807, 2.05) is 52.0 Å². The number of carbonyl (C=O) groups is 1. The average molecular weight is 283 g/mol. The van der Waals surface area contributed by atoms with Crippen molar-refractivity contribution in [1.82, 2.24) is 5.32 Å². The zero-order chi connectivity index (χ0) is 14.6. The van der Waals surface area contributed by atoms with E-state index in [0.717, 1.165) is 17.0 Å². The molecule has 0 saturated heterocycles. The fourth-order valence-corrected chi connectivity index (χ4v) is 1.88. The van der Waals surface area contributed by atoms with Crippen LogP contribution in [-0.4, -0.2) is 18.0 Å². The predicted octanol–water partition coefficient (Wildman–Crippen LogP) is 2.76. The summed E-state index contributed by atoms with van der Waals surface area (Å²) in [6, 6.07) is 7.18. The van der Waals surface area contributed by atoms with E-state index in [1.54, 1.807) is 0 Å². The molecule has 0 spiro atoms. The first-order valence-electron chi connectivity index (χ1n) is 6.50. The van der Waals surface area contributed by atoms with Gasteiger partial charge < -0.3 is 11.1 Å². The van der Waals surface area contributed by atoms with E-state index in [4.69, 9.17) is 17.3 Å². The van der Waals surface area contributed by atoms with Gasteiger partial charge in [-0.3, -0.25) is 4.79 Å². The van der Waals surface area contributed by atoms with E-state index in [2.05, 4.69) is 5.32 Å². The molecule has 2 atom stereocenters. The van der Waals surface area contributed by atoms with Crippen molar-refractivity contribution in [3.05, 3.63) is 34.9 Å². The van der Waals surface area contributed by atoms with Gasteiger partial charge in [0.15, 0.2) is 0 Å². The van der Waals surface area contributed by atoms with E-state index >= 15 is 0 Å². The Morgan fingerprint density at radius 2 is 1.84 bits per heavy atom. The summed E-state index contributed by atoms with van der Waals surface area (Å²) in [5.74, 6) is -0.103. The van der Waals surface area contributed by atoms with Gasteiger partial charge in [0.25, 0.3) is 0 Å². The highest BCUT2D eigenvalue weighted by Gasteiger charge is 2.28. The first-order chi connectivity index (χ1) is 8.70. The van der Waals surface area contributed by atoms with Crippen LogP contribution < -0.4 is 11.1 Å². The Morgan fingerprint density at radius 3 is 2.32 bits per heavy atom. The molecule has 1 aromatic rings. The standard InChI is InChI=1S/C15H23ClN2O/c1-10(9-11-5-7-12(16)8-6-11)18-14(19)13(17)15(2,3)4/h5-8,10,13H,9,17H2,1-4H3,(H,18,19)/t10?,13-/m1/s1. The van der Waals surface area contributed by atoms with Crippen molar-refractivity contribution in [1.29, 1.82) is 0 Å². The Kier molecular flexibility index (Phi) is 5.39. The molecule has 106 valence electrons. The Balaban J connectivity index is 2.53. The monoisotopic (exact) mass is 282 g/mol. The Hall–Kier alpha value is -1.06. The first-order valence-corrected chi connectivity index (χ1v) is 6.88. The summed E-state index contributed by atoms with van der Waals surface area (Å²) in [6.45, 7) is 7.85. The molecular formula is C15H23ClN2O. The smallest absolute Gasteiger partial charge is 0.237 e. The number of nitrogens with one attached hydrogen (secondary N) is 1. The molecule has 1 aromatic carbocycles. The van der Waals surface area contributed by atoms with Crippen molar-refractivity contribution in [3.63, 3.8) is 0 Å². The van der Waals surface area contributed by atoms with Crippen LogP contribution in [0.2, 0.25) is 5.02 Å². The number of benzene rings is 1. The van der Waals surface area contributed by atoms with Crippen LogP contribution in [-0.2, 0) is 11.2 Å². The Morgan fingerprint density at radius 1 is 1.32 bits per heavy atom. The molecule has 0 bridgehead atoms. The molecule has 1 rings (SSSR count). The molecule has 4 heteroatoms. The molecule has 0 radical (unpaired) electrons. The second kappa shape index (κ2) is 6.40. The van der Waals surface area contributed by atoms with Crippen molar-refractivity contribution in [3.8, 4) is 0 Å². The van der Waals surface area contributed by atoms with Crippen molar-refractivity contribution < 1.29 is 4.79 Å². The maximum atomic E-state index is 12.0. The fraction of sp³-hybridized carbons (Fsp3) is 0.533. The van der Waals surface area contributed by atoms with E-state index in [1.165, 1.54) is 0 Å². The average Bonchev–Trinajstić information content (AvgIpc) is 2.29. The SMILES string of the molecule is CC(Cc1ccc(Cl)cc1)NC(=O)[C@@H](N)C(C)(C)C. The molecule has 1 amide bonds. The van der Waals surface area contributed by atoms with Gasteiger partial charge in [-0.05, 0) is 36.5 Å². The predicted molar refractivity (Wildman–Crippen MR) is 80.2 cm³/mol. The third-order valence-electron chi connectivity index (χ3n) is 3.06. The van der Waals surface area contributed by atoms with Gasteiger partial charge >= 0.3 is 0 Å². The zero-order valence-electron chi connectivity index (χ0n) is 12.0. The quantitative estimate of drug-likeness (QED) is 0.892. The van der Waals surface area contributed by atoms with Crippen LogP contribution in [0, 0.1) is 5.41 Å². The van der Waals surface area contributed by atoms with Gasteiger partial charge in [-0.1, -0.05) is 44.5 Å². The summed E-state index contributed by atoms with van der Waals surface area (Å²) < 4.78 is 0. The third kappa shape index (κ3) is 5.21. The molecule has 0 aromatic heterocycles. The molecule has 0 fully saturated rings. The minimum Gasteiger partial charge on any atom is -0.352 e. The second-order valence-electron chi connectivity index (χ2n) is 6.08. The van der Waals surface area contributed by atoms with Gasteiger partial charge in [-0.15, -0.1) is 0 Å². The van der Waals surface area contributed by atoms with Crippen LogP contribution in [0.15, 0.2) is 24.3 Å².